The van der Waals surface area contributed by atoms with E-state index in [1.165, 1.54) is 7.11 Å². The number of anilines is 1. The van der Waals surface area contributed by atoms with Crippen molar-refractivity contribution < 1.29 is 24.1 Å². The lowest BCUT2D eigenvalue weighted by Gasteiger charge is -2.26. The maximum Gasteiger partial charge on any atom is 0.319 e. The Bertz CT molecular complexity index is 532. The summed E-state index contributed by atoms with van der Waals surface area (Å²) in [6.45, 7) is 1.80. The van der Waals surface area contributed by atoms with E-state index in [1.807, 2.05) is 0 Å². The SMILES string of the molecule is COc1cccc(NC(=O)NCC[C@H](O)C2CCOCC2)c1OC. The van der Waals surface area contributed by atoms with E-state index in [4.69, 9.17) is 14.2 Å². The van der Waals surface area contributed by atoms with E-state index < -0.39 is 6.10 Å². The van der Waals surface area contributed by atoms with Crippen molar-refractivity contribution in [1.29, 1.82) is 0 Å². The Labute approximate surface area is 142 Å². The molecule has 0 aliphatic carbocycles. The highest BCUT2D eigenvalue weighted by molar-refractivity contribution is 5.91. The molecule has 0 saturated carbocycles. The highest BCUT2D eigenvalue weighted by Crippen LogP contribution is 2.34. The van der Waals surface area contributed by atoms with Crippen LogP contribution in [0.25, 0.3) is 0 Å². The van der Waals surface area contributed by atoms with Crippen LogP contribution in [0.2, 0.25) is 0 Å². The van der Waals surface area contributed by atoms with Crippen molar-refractivity contribution in [3.8, 4) is 11.5 Å². The van der Waals surface area contributed by atoms with Crippen LogP contribution in [-0.4, -0.2) is 51.2 Å². The number of ether oxygens (including phenoxy) is 3. The summed E-state index contributed by atoms with van der Waals surface area (Å²) < 4.78 is 15.8. The molecule has 24 heavy (non-hydrogen) atoms. The molecule has 0 spiro atoms. The molecule has 1 atom stereocenters. The average molecular weight is 338 g/mol. The molecule has 1 fully saturated rings. The van der Waals surface area contributed by atoms with Crippen molar-refractivity contribution >= 4 is 11.7 Å². The highest BCUT2D eigenvalue weighted by Gasteiger charge is 2.22. The number of urea groups is 1. The zero-order valence-corrected chi connectivity index (χ0v) is 14.2. The molecule has 7 heteroatoms. The summed E-state index contributed by atoms with van der Waals surface area (Å²) in [6.07, 6.45) is 1.84. The zero-order chi connectivity index (χ0) is 17.4. The fourth-order valence-corrected chi connectivity index (χ4v) is 2.82. The summed E-state index contributed by atoms with van der Waals surface area (Å²) in [5, 5.41) is 15.6. The number of methoxy groups -OCH3 is 2. The van der Waals surface area contributed by atoms with Gasteiger partial charge in [0.1, 0.15) is 0 Å². The van der Waals surface area contributed by atoms with Gasteiger partial charge in [0, 0.05) is 19.8 Å². The van der Waals surface area contributed by atoms with Gasteiger partial charge in [-0.3, -0.25) is 0 Å². The van der Waals surface area contributed by atoms with E-state index >= 15 is 0 Å². The van der Waals surface area contributed by atoms with Crippen LogP contribution in [0.4, 0.5) is 10.5 Å². The summed E-state index contributed by atoms with van der Waals surface area (Å²) in [5.41, 5.74) is 0.527. The van der Waals surface area contributed by atoms with Crippen molar-refractivity contribution in [1.82, 2.24) is 5.32 Å². The number of nitrogens with one attached hydrogen (secondary N) is 2. The summed E-state index contributed by atoms with van der Waals surface area (Å²) in [7, 11) is 3.06. The molecule has 1 saturated heterocycles. The van der Waals surface area contributed by atoms with Crippen molar-refractivity contribution in [2.75, 3.05) is 39.3 Å². The molecule has 1 aromatic carbocycles. The minimum Gasteiger partial charge on any atom is -0.493 e. The Morgan fingerprint density at radius 1 is 1.33 bits per heavy atom. The average Bonchev–Trinajstić information content (AvgIpc) is 2.62. The molecule has 0 unspecified atom stereocenters. The van der Waals surface area contributed by atoms with Crippen molar-refractivity contribution in [2.45, 2.75) is 25.4 Å². The molecule has 1 aliphatic heterocycles. The van der Waals surface area contributed by atoms with Gasteiger partial charge in [-0.25, -0.2) is 4.79 Å². The fourth-order valence-electron chi connectivity index (χ4n) is 2.82. The Balaban J connectivity index is 1.79. The quantitative estimate of drug-likeness (QED) is 0.708. The Hall–Kier alpha value is -1.99. The van der Waals surface area contributed by atoms with Gasteiger partial charge in [-0.2, -0.15) is 0 Å². The van der Waals surface area contributed by atoms with Gasteiger partial charge in [0.05, 0.1) is 26.0 Å². The number of hydrogen-bond donors (Lipinski definition) is 3. The molecule has 1 aliphatic rings. The van der Waals surface area contributed by atoms with E-state index in [0.29, 0.717) is 43.4 Å². The highest BCUT2D eigenvalue weighted by atomic mass is 16.5. The summed E-state index contributed by atoms with van der Waals surface area (Å²) in [4.78, 5) is 12.0. The van der Waals surface area contributed by atoms with E-state index in [2.05, 4.69) is 10.6 Å². The van der Waals surface area contributed by atoms with Gasteiger partial charge in [-0.05, 0) is 37.3 Å². The van der Waals surface area contributed by atoms with Crippen LogP contribution in [0.3, 0.4) is 0 Å². The van der Waals surface area contributed by atoms with E-state index in [0.717, 1.165) is 12.8 Å². The van der Waals surface area contributed by atoms with E-state index in [1.54, 1.807) is 25.3 Å². The van der Waals surface area contributed by atoms with Gasteiger partial charge in [0.2, 0.25) is 0 Å². The molecular weight excluding hydrogens is 312 g/mol. The smallest absolute Gasteiger partial charge is 0.319 e. The van der Waals surface area contributed by atoms with Crippen LogP contribution in [0.1, 0.15) is 19.3 Å². The first-order valence-electron chi connectivity index (χ1n) is 8.17. The number of aliphatic hydroxyl groups is 1. The fraction of sp³-hybridized carbons (Fsp3) is 0.588. The van der Waals surface area contributed by atoms with Crippen LogP contribution in [0, 0.1) is 5.92 Å². The normalized spacial score (nSPS) is 16.3. The molecule has 2 amide bonds. The number of carbonyl (C=O) groups is 1. The largest absolute Gasteiger partial charge is 0.493 e. The Kier molecular flexibility index (Phi) is 7.14. The lowest BCUT2D eigenvalue weighted by atomic mass is 9.92. The third-order valence-corrected chi connectivity index (χ3v) is 4.19. The van der Waals surface area contributed by atoms with Crippen LogP contribution < -0.4 is 20.1 Å². The Morgan fingerprint density at radius 3 is 2.75 bits per heavy atom. The topological polar surface area (TPSA) is 89.1 Å². The number of benzene rings is 1. The Morgan fingerprint density at radius 2 is 2.08 bits per heavy atom. The second kappa shape index (κ2) is 9.34. The predicted octanol–water partition coefficient (Wildman–Crippen LogP) is 2.00. The standard InChI is InChI=1S/C17H26N2O5/c1-22-15-5-3-4-13(16(15)23-2)19-17(21)18-9-6-14(20)12-7-10-24-11-8-12/h3-5,12,14,20H,6-11H2,1-2H3,(H2,18,19,21)/t14-/m0/s1. The number of carbonyl (C=O) groups excluding carboxylic acids is 1. The second-order valence-electron chi connectivity index (χ2n) is 5.73. The minimum absolute atomic E-state index is 0.252. The van der Waals surface area contributed by atoms with Crippen molar-refractivity contribution in [3.05, 3.63) is 18.2 Å². The first-order chi connectivity index (χ1) is 11.7. The molecule has 2 rings (SSSR count). The monoisotopic (exact) mass is 338 g/mol. The molecule has 0 radical (unpaired) electrons. The summed E-state index contributed by atoms with van der Waals surface area (Å²) >= 11 is 0. The van der Waals surface area contributed by atoms with E-state index in [-0.39, 0.29) is 11.9 Å². The molecule has 0 aromatic heterocycles. The summed E-state index contributed by atoms with van der Waals surface area (Å²) in [5.74, 6) is 1.27. The number of hydrogen-bond acceptors (Lipinski definition) is 5. The first kappa shape index (κ1) is 18.4. The maximum atomic E-state index is 12.0. The third kappa shape index (κ3) is 5.01. The van der Waals surface area contributed by atoms with Gasteiger partial charge in [-0.1, -0.05) is 6.07 Å². The van der Waals surface area contributed by atoms with E-state index in [9.17, 15) is 9.90 Å². The molecular formula is C17H26N2O5. The molecule has 134 valence electrons. The lowest BCUT2D eigenvalue weighted by molar-refractivity contribution is 0.00549. The summed E-state index contributed by atoms with van der Waals surface area (Å²) in [6, 6.07) is 4.91. The van der Waals surface area contributed by atoms with Gasteiger partial charge in [0.15, 0.2) is 11.5 Å². The van der Waals surface area contributed by atoms with Crippen LogP contribution >= 0.6 is 0 Å². The number of amides is 2. The van der Waals surface area contributed by atoms with Crippen LogP contribution in [0.15, 0.2) is 18.2 Å². The van der Waals surface area contributed by atoms with Crippen LogP contribution in [-0.2, 0) is 4.74 Å². The second-order valence-corrected chi connectivity index (χ2v) is 5.73. The molecule has 1 aromatic rings. The lowest BCUT2D eigenvalue weighted by Crippen LogP contribution is -2.34. The number of para-hydroxylation sites is 1. The van der Waals surface area contributed by atoms with Gasteiger partial charge in [0.25, 0.3) is 0 Å². The van der Waals surface area contributed by atoms with Gasteiger partial charge < -0.3 is 30.0 Å². The maximum absolute atomic E-state index is 12.0. The predicted molar refractivity (Wildman–Crippen MR) is 90.7 cm³/mol. The molecule has 0 bridgehead atoms. The zero-order valence-electron chi connectivity index (χ0n) is 14.2. The van der Waals surface area contributed by atoms with Crippen LogP contribution in [0.5, 0.6) is 11.5 Å². The van der Waals surface area contributed by atoms with Crippen molar-refractivity contribution in [3.63, 3.8) is 0 Å². The molecule has 3 N–H and O–H groups in total. The number of rotatable bonds is 7. The minimum atomic E-state index is -0.416. The van der Waals surface area contributed by atoms with Gasteiger partial charge in [-0.15, -0.1) is 0 Å². The number of aliphatic hydroxyl groups excluding tert-OH is 1. The third-order valence-electron chi connectivity index (χ3n) is 4.19. The molecule has 7 nitrogen and oxygen atoms in total. The molecule has 1 heterocycles. The first-order valence-corrected chi connectivity index (χ1v) is 8.17. The van der Waals surface area contributed by atoms with Gasteiger partial charge >= 0.3 is 6.03 Å². The van der Waals surface area contributed by atoms with Crippen molar-refractivity contribution in [2.24, 2.45) is 5.92 Å².